The molecule has 2 heterocycles. The van der Waals surface area contributed by atoms with Crippen molar-refractivity contribution in [1.82, 2.24) is 19.2 Å². The van der Waals surface area contributed by atoms with Gasteiger partial charge in [0, 0.05) is 33.2 Å². The number of hydrogen-bond acceptors (Lipinski definition) is 4. The van der Waals surface area contributed by atoms with Crippen LogP contribution in [0, 0.1) is 6.92 Å². The molecule has 134 valence electrons. The third-order valence-electron chi connectivity index (χ3n) is 4.78. The monoisotopic (exact) mass is 343 g/mol. The number of carbonyl (C=O) groups is 1. The van der Waals surface area contributed by atoms with Crippen LogP contribution in [-0.2, 0) is 11.8 Å². The van der Waals surface area contributed by atoms with Gasteiger partial charge in [-0.15, -0.1) is 0 Å². The standard InChI is InChI=1S/C18H25N5O2/c1-14-17(19-16(24)13-22-11-9-20(2)10-12-22)18(25)23(21(14)3)15-7-5-4-6-8-15/h4-8H,9-13H2,1-3H3,(H,19,24). The van der Waals surface area contributed by atoms with Crippen LogP contribution in [0.4, 0.5) is 5.69 Å². The van der Waals surface area contributed by atoms with Gasteiger partial charge in [0.25, 0.3) is 5.56 Å². The van der Waals surface area contributed by atoms with E-state index in [9.17, 15) is 9.59 Å². The smallest absolute Gasteiger partial charge is 0.295 e. The van der Waals surface area contributed by atoms with Crippen molar-refractivity contribution in [3.8, 4) is 5.69 Å². The summed E-state index contributed by atoms with van der Waals surface area (Å²) in [4.78, 5) is 29.5. The zero-order valence-corrected chi connectivity index (χ0v) is 15.0. The van der Waals surface area contributed by atoms with Crippen LogP contribution in [0.25, 0.3) is 5.69 Å². The Labute approximate surface area is 147 Å². The number of nitrogens with zero attached hydrogens (tertiary/aromatic N) is 4. The summed E-state index contributed by atoms with van der Waals surface area (Å²) < 4.78 is 3.34. The first-order valence-electron chi connectivity index (χ1n) is 8.52. The molecule has 0 aliphatic carbocycles. The van der Waals surface area contributed by atoms with Crippen LogP contribution in [0.15, 0.2) is 35.1 Å². The van der Waals surface area contributed by atoms with E-state index in [-0.39, 0.29) is 11.5 Å². The van der Waals surface area contributed by atoms with Crippen LogP contribution in [0.3, 0.4) is 0 Å². The molecule has 1 fully saturated rings. The minimum absolute atomic E-state index is 0.143. The molecule has 7 heteroatoms. The molecular formula is C18H25N5O2. The molecule has 3 rings (SSSR count). The number of carbonyl (C=O) groups excluding carboxylic acids is 1. The van der Waals surface area contributed by atoms with Gasteiger partial charge in [0.15, 0.2) is 0 Å². The molecule has 7 nitrogen and oxygen atoms in total. The molecule has 0 radical (unpaired) electrons. The first kappa shape index (κ1) is 17.4. The minimum atomic E-state index is -0.210. The third-order valence-corrected chi connectivity index (χ3v) is 4.78. The summed E-state index contributed by atoms with van der Waals surface area (Å²) in [5.74, 6) is -0.143. The predicted molar refractivity (Wildman–Crippen MR) is 98.3 cm³/mol. The zero-order chi connectivity index (χ0) is 18.0. The molecule has 1 aliphatic rings. The maximum atomic E-state index is 12.8. The molecule has 1 aliphatic heterocycles. The fourth-order valence-corrected chi connectivity index (χ4v) is 3.10. The van der Waals surface area contributed by atoms with Gasteiger partial charge in [-0.25, -0.2) is 4.68 Å². The number of piperazine rings is 1. The van der Waals surface area contributed by atoms with Crippen molar-refractivity contribution in [2.75, 3.05) is 45.1 Å². The molecule has 0 saturated carbocycles. The van der Waals surface area contributed by atoms with Crippen molar-refractivity contribution in [2.24, 2.45) is 7.05 Å². The molecule has 1 aromatic carbocycles. The van der Waals surface area contributed by atoms with Crippen LogP contribution in [0.5, 0.6) is 0 Å². The van der Waals surface area contributed by atoms with Crippen LogP contribution >= 0.6 is 0 Å². The number of likely N-dealkylation sites (N-methyl/N-ethyl adjacent to an activating group) is 1. The number of para-hydroxylation sites is 1. The van der Waals surface area contributed by atoms with E-state index in [0.29, 0.717) is 12.2 Å². The Bertz CT molecular complexity index is 801. The lowest BCUT2D eigenvalue weighted by molar-refractivity contribution is -0.117. The molecule has 0 spiro atoms. The average molecular weight is 343 g/mol. The van der Waals surface area contributed by atoms with E-state index >= 15 is 0 Å². The normalized spacial score (nSPS) is 16.1. The number of hydrogen-bond donors (Lipinski definition) is 1. The zero-order valence-electron chi connectivity index (χ0n) is 15.0. The van der Waals surface area contributed by atoms with Crippen molar-refractivity contribution in [2.45, 2.75) is 6.92 Å². The highest BCUT2D eigenvalue weighted by molar-refractivity contribution is 5.92. The van der Waals surface area contributed by atoms with Crippen LogP contribution in [0.1, 0.15) is 5.69 Å². The first-order chi connectivity index (χ1) is 12.0. The number of amides is 1. The van der Waals surface area contributed by atoms with E-state index in [1.165, 1.54) is 0 Å². The van der Waals surface area contributed by atoms with Crippen LogP contribution in [-0.4, -0.2) is 64.8 Å². The number of rotatable bonds is 4. The van der Waals surface area contributed by atoms with E-state index in [1.807, 2.05) is 44.3 Å². The highest BCUT2D eigenvalue weighted by Gasteiger charge is 2.20. The van der Waals surface area contributed by atoms with E-state index in [4.69, 9.17) is 0 Å². The molecule has 0 atom stereocenters. The summed E-state index contributed by atoms with van der Waals surface area (Å²) in [7, 11) is 3.90. The Kier molecular flexibility index (Phi) is 5.06. The van der Waals surface area contributed by atoms with Crippen LogP contribution < -0.4 is 10.9 Å². The maximum absolute atomic E-state index is 12.8. The minimum Gasteiger partial charge on any atom is -0.319 e. The van der Waals surface area contributed by atoms with E-state index in [0.717, 1.165) is 37.6 Å². The second-order valence-electron chi connectivity index (χ2n) is 6.56. The second-order valence-corrected chi connectivity index (χ2v) is 6.56. The van der Waals surface area contributed by atoms with Crippen molar-refractivity contribution in [1.29, 1.82) is 0 Å². The molecule has 1 saturated heterocycles. The third kappa shape index (κ3) is 3.67. The average Bonchev–Trinajstić information content (AvgIpc) is 2.81. The van der Waals surface area contributed by atoms with E-state index in [1.54, 1.807) is 9.36 Å². The van der Waals surface area contributed by atoms with Gasteiger partial charge < -0.3 is 10.2 Å². The van der Waals surface area contributed by atoms with Gasteiger partial charge in [-0.3, -0.25) is 19.2 Å². The molecule has 1 N–H and O–H groups in total. The van der Waals surface area contributed by atoms with Crippen molar-refractivity contribution < 1.29 is 4.79 Å². The second kappa shape index (κ2) is 7.25. The van der Waals surface area contributed by atoms with Gasteiger partial charge in [0.2, 0.25) is 5.91 Å². The van der Waals surface area contributed by atoms with Crippen molar-refractivity contribution >= 4 is 11.6 Å². The molecule has 0 bridgehead atoms. The summed E-state index contributed by atoms with van der Waals surface area (Å²) in [6.07, 6.45) is 0. The Hall–Kier alpha value is -2.38. The van der Waals surface area contributed by atoms with E-state index < -0.39 is 0 Å². The van der Waals surface area contributed by atoms with Gasteiger partial charge in [0.1, 0.15) is 5.69 Å². The summed E-state index contributed by atoms with van der Waals surface area (Å²) in [6.45, 7) is 5.80. The molecular weight excluding hydrogens is 318 g/mol. The lowest BCUT2D eigenvalue weighted by Crippen LogP contribution is -2.47. The van der Waals surface area contributed by atoms with Gasteiger partial charge in [0.05, 0.1) is 17.9 Å². The van der Waals surface area contributed by atoms with Gasteiger partial charge >= 0.3 is 0 Å². The Morgan fingerprint density at radius 1 is 1.08 bits per heavy atom. The lowest BCUT2D eigenvalue weighted by atomic mass is 10.3. The number of benzene rings is 1. The van der Waals surface area contributed by atoms with Gasteiger partial charge in [-0.1, -0.05) is 18.2 Å². The topological polar surface area (TPSA) is 62.5 Å². The SMILES string of the molecule is Cc1c(NC(=O)CN2CCN(C)CC2)c(=O)n(-c2ccccc2)n1C. The van der Waals surface area contributed by atoms with Crippen LogP contribution in [0.2, 0.25) is 0 Å². The predicted octanol–water partition coefficient (Wildman–Crippen LogP) is 0.670. The molecule has 25 heavy (non-hydrogen) atoms. The fraction of sp³-hybridized carbons (Fsp3) is 0.444. The van der Waals surface area contributed by atoms with Crippen molar-refractivity contribution in [3.63, 3.8) is 0 Å². The quantitative estimate of drug-likeness (QED) is 0.886. The lowest BCUT2D eigenvalue weighted by Gasteiger charge is -2.31. The highest BCUT2D eigenvalue weighted by atomic mass is 16.2. The Balaban J connectivity index is 1.77. The number of nitrogens with one attached hydrogen (secondary N) is 1. The molecule has 1 amide bonds. The summed E-state index contributed by atoms with van der Waals surface area (Å²) in [6, 6.07) is 9.42. The maximum Gasteiger partial charge on any atom is 0.295 e. The number of anilines is 1. The fourth-order valence-electron chi connectivity index (χ4n) is 3.10. The summed E-state index contributed by atoms with van der Waals surface area (Å²) in [5, 5.41) is 2.82. The summed E-state index contributed by atoms with van der Waals surface area (Å²) in [5.41, 5.74) is 1.65. The molecule has 1 aromatic heterocycles. The number of aromatic nitrogens is 2. The molecule has 0 unspecified atom stereocenters. The van der Waals surface area contributed by atoms with Gasteiger partial charge in [-0.2, -0.15) is 0 Å². The Morgan fingerprint density at radius 3 is 2.36 bits per heavy atom. The van der Waals surface area contributed by atoms with E-state index in [2.05, 4.69) is 22.2 Å². The van der Waals surface area contributed by atoms with Gasteiger partial charge in [-0.05, 0) is 26.1 Å². The molecule has 2 aromatic rings. The Morgan fingerprint density at radius 2 is 1.72 bits per heavy atom. The highest BCUT2D eigenvalue weighted by Crippen LogP contribution is 2.14. The summed E-state index contributed by atoms with van der Waals surface area (Å²) >= 11 is 0. The largest absolute Gasteiger partial charge is 0.319 e. The first-order valence-corrected chi connectivity index (χ1v) is 8.52. The van der Waals surface area contributed by atoms with Crippen molar-refractivity contribution in [3.05, 3.63) is 46.4 Å².